The van der Waals surface area contributed by atoms with E-state index in [0.29, 0.717) is 25.6 Å². The average molecular weight is 422 g/mol. The van der Waals surface area contributed by atoms with Gasteiger partial charge in [0, 0.05) is 43.7 Å². The molecule has 0 N–H and O–H groups in total. The first-order valence-corrected chi connectivity index (χ1v) is 11.1. The predicted molar refractivity (Wildman–Crippen MR) is 114 cm³/mol. The van der Waals surface area contributed by atoms with Crippen LogP contribution in [0, 0.1) is 13.8 Å². The van der Waals surface area contributed by atoms with E-state index in [4.69, 9.17) is 9.47 Å². The molecule has 0 amide bonds. The minimum absolute atomic E-state index is 0.109. The van der Waals surface area contributed by atoms with Gasteiger partial charge >= 0.3 is 0 Å². The average Bonchev–Trinajstić information content (AvgIpc) is 3.27. The number of ether oxygens (including phenoxy) is 2. The molecule has 3 heterocycles. The maximum Gasteiger partial charge on any atom is 0.228 e. The van der Waals surface area contributed by atoms with Gasteiger partial charge in [0.25, 0.3) is 0 Å². The number of hydrogen-bond donors (Lipinski definition) is 0. The van der Waals surface area contributed by atoms with Crippen LogP contribution in [-0.2, 0) is 16.0 Å². The number of methoxy groups -OCH3 is 1. The van der Waals surface area contributed by atoms with Gasteiger partial charge in [-0.05, 0) is 33.8 Å². The van der Waals surface area contributed by atoms with Crippen molar-refractivity contribution in [1.29, 1.82) is 0 Å². The number of ketones is 1. The van der Waals surface area contributed by atoms with Crippen molar-refractivity contribution in [3.8, 4) is 0 Å². The first kappa shape index (κ1) is 21.9. The number of nitrogens with zero attached hydrogens (tertiary/aromatic N) is 5. The molecule has 2 aromatic heterocycles. The summed E-state index contributed by atoms with van der Waals surface area (Å²) in [5.74, 6) is 1.30. The van der Waals surface area contributed by atoms with Crippen molar-refractivity contribution in [2.75, 3.05) is 50.7 Å². The van der Waals surface area contributed by atoms with Gasteiger partial charge in [0.1, 0.15) is 0 Å². The number of aryl methyl sites for hydroxylation is 1. The maximum atomic E-state index is 12.9. The monoisotopic (exact) mass is 421 g/mol. The lowest BCUT2D eigenvalue weighted by Crippen LogP contribution is -2.38. The molecule has 8 nitrogen and oxygen atoms in total. The third kappa shape index (κ3) is 4.67. The highest BCUT2D eigenvalue weighted by atomic mass is 32.2. The minimum Gasteiger partial charge on any atom is -0.383 e. The molecule has 9 heteroatoms. The molecular formula is C20H31N5O3S. The Bertz CT molecular complexity index is 842. The summed E-state index contributed by atoms with van der Waals surface area (Å²) in [6.07, 6.45) is 0. The summed E-state index contributed by atoms with van der Waals surface area (Å²) in [5.41, 5.74) is 2.84. The van der Waals surface area contributed by atoms with Crippen LogP contribution >= 0.6 is 11.8 Å². The highest BCUT2D eigenvalue weighted by Crippen LogP contribution is 2.26. The first-order valence-electron chi connectivity index (χ1n) is 10.1. The van der Waals surface area contributed by atoms with Crippen molar-refractivity contribution in [3.05, 3.63) is 23.0 Å². The predicted octanol–water partition coefficient (Wildman–Crippen LogP) is 2.74. The Kier molecular flexibility index (Phi) is 7.37. The summed E-state index contributed by atoms with van der Waals surface area (Å²) >= 11 is 1.45. The van der Waals surface area contributed by atoms with Crippen LogP contribution < -0.4 is 4.90 Å². The topological polar surface area (TPSA) is 74.4 Å². The van der Waals surface area contributed by atoms with Gasteiger partial charge in [-0.1, -0.05) is 11.8 Å². The lowest BCUT2D eigenvalue weighted by Gasteiger charge is -2.27. The van der Waals surface area contributed by atoms with Crippen LogP contribution in [0.15, 0.2) is 11.2 Å². The van der Waals surface area contributed by atoms with Crippen LogP contribution in [-0.4, -0.2) is 70.9 Å². The molecule has 1 saturated heterocycles. The number of anilines is 1. The zero-order valence-electron chi connectivity index (χ0n) is 18.0. The SMILES string of the molecule is CCn1c(SCC(=O)c2cc(C)n([C@@H](C)COC)c2C)nnc1N1CCOCC1. The van der Waals surface area contributed by atoms with Crippen molar-refractivity contribution in [1.82, 2.24) is 19.3 Å². The molecule has 1 aliphatic rings. The second-order valence-corrected chi connectivity index (χ2v) is 8.24. The van der Waals surface area contributed by atoms with E-state index in [1.165, 1.54) is 11.8 Å². The van der Waals surface area contributed by atoms with Crippen molar-refractivity contribution in [2.45, 2.75) is 45.4 Å². The number of rotatable bonds is 9. The number of hydrogen-bond acceptors (Lipinski definition) is 7. The highest BCUT2D eigenvalue weighted by Gasteiger charge is 2.22. The van der Waals surface area contributed by atoms with Gasteiger partial charge in [-0.3, -0.25) is 9.36 Å². The lowest BCUT2D eigenvalue weighted by molar-refractivity contribution is 0.102. The normalized spacial score (nSPS) is 15.7. The Morgan fingerprint density at radius 3 is 2.69 bits per heavy atom. The van der Waals surface area contributed by atoms with E-state index in [2.05, 4.69) is 38.1 Å². The largest absolute Gasteiger partial charge is 0.383 e. The van der Waals surface area contributed by atoms with Crippen LogP contribution in [0.2, 0.25) is 0 Å². The zero-order valence-corrected chi connectivity index (χ0v) is 18.8. The number of aromatic nitrogens is 4. The fourth-order valence-electron chi connectivity index (χ4n) is 3.92. The van der Waals surface area contributed by atoms with Gasteiger partial charge < -0.3 is 18.9 Å². The molecule has 0 bridgehead atoms. The second kappa shape index (κ2) is 9.77. The minimum atomic E-state index is 0.109. The van der Waals surface area contributed by atoms with Crippen LogP contribution in [0.1, 0.15) is 41.6 Å². The summed E-state index contributed by atoms with van der Waals surface area (Å²) in [7, 11) is 1.70. The fraction of sp³-hybridized carbons (Fsp3) is 0.650. The Labute approximate surface area is 176 Å². The van der Waals surface area contributed by atoms with Crippen LogP contribution in [0.25, 0.3) is 0 Å². The van der Waals surface area contributed by atoms with E-state index in [1.54, 1.807) is 7.11 Å². The summed E-state index contributed by atoms with van der Waals surface area (Å²) in [6, 6.07) is 2.17. The van der Waals surface area contributed by atoms with Gasteiger partial charge in [-0.2, -0.15) is 0 Å². The summed E-state index contributed by atoms with van der Waals surface area (Å²) in [5, 5.41) is 9.50. The maximum absolute atomic E-state index is 12.9. The van der Waals surface area contributed by atoms with Gasteiger partial charge in [-0.25, -0.2) is 0 Å². The van der Waals surface area contributed by atoms with Crippen LogP contribution in [0.3, 0.4) is 0 Å². The molecular weight excluding hydrogens is 390 g/mol. The van der Waals surface area contributed by atoms with Gasteiger partial charge in [0.05, 0.1) is 31.6 Å². The molecule has 2 aromatic rings. The third-order valence-electron chi connectivity index (χ3n) is 5.27. The number of thioether (sulfide) groups is 1. The second-order valence-electron chi connectivity index (χ2n) is 7.30. The van der Waals surface area contributed by atoms with Crippen LogP contribution in [0.4, 0.5) is 5.95 Å². The van der Waals surface area contributed by atoms with Crippen molar-refractivity contribution >= 4 is 23.5 Å². The summed E-state index contributed by atoms with van der Waals surface area (Å²) in [6.45, 7) is 12.6. The molecule has 0 spiro atoms. The number of Topliss-reactive ketones (excluding diaryl/α,β-unsaturated/α-hetero) is 1. The standard InChI is InChI=1S/C20H31N5O3S/c1-6-24-19(23-7-9-28-10-8-23)21-22-20(24)29-13-18(26)17-11-14(2)25(16(17)4)15(3)12-27-5/h11,15H,6-10,12-13H2,1-5H3/t15-/m0/s1. The lowest BCUT2D eigenvalue weighted by atomic mass is 10.2. The van der Waals surface area contributed by atoms with E-state index in [0.717, 1.165) is 47.7 Å². The Hall–Kier alpha value is -1.84. The molecule has 160 valence electrons. The van der Waals surface area contributed by atoms with Crippen molar-refractivity contribution < 1.29 is 14.3 Å². The molecule has 0 unspecified atom stereocenters. The molecule has 29 heavy (non-hydrogen) atoms. The number of carbonyl (C=O) groups excluding carboxylic acids is 1. The molecule has 1 aliphatic heterocycles. The molecule has 1 atom stereocenters. The van der Waals surface area contributed by atoms with E-state index >= 15 is 0 Å². The molecule has 1 fully saturated rings. The van der Waals surface area contributed by atoms with E-state index in [9.17, 15) is 4.79 Å². The quantitative estimate of drug-likeness (QED) is 0.455. The molecule has 0 aromatic carbocycles. The fourth-order valence-corrected chi connectivity index (χ4v) is 4.80. The number of carbonyl (C=O) groups is 1. The van der Waals surface area contributed by atoms with Gasteiger partial charge in [-0.15, -0.1) is 10.2 Å². The Morgan fingerprint density at radius 1 is 1.31 bits per heavy atom. The highest BCUT2D eigenvalue weighted by molar-refractivity contribution is 7.99. The Balaban J connectivity index is 1.71. The summed E-state index contributed by atoms with van der Waals surface area (Å²) < 4.78 is 15.0. The molecule has 0 radical (unpaired) electrons. The van der Waals surface area contributed by atoms with Gasteiger partial charge in [0.2, 0.25) is 5.95 Å². The Morgan fingerprint density at radius 2 is 2.03 bits per heavy atom. The molecule has 3 rings (SSSR count). The summed E-state index contributed by atoms with van der Waals surface area (Å²) in [4.78, 5) is 15.1. The smallest absolute Gasteiger partial charge is 0.228 e. The molecule has 0 aliphatic carbocycles. The van der Waals surface area contributed by atoms with Gasteiger partial charge in [0.15, 0.2) is 10.9 Å². The third-order valence-corrected chi connectivity index (χ3v) is 6.24. The van der Waals surface area contributed by atoms with E-state index in [1.807, 2.05) is 19.9 Å². The van der Waals surface area contributed by atoms with E-state index in [-0.39, 0.29) is 11.8 Å². The zero-order chi connectivity index (χ0) is 21.0. The van der Waals surface area contributed by atoms with E-state index < -0.39 is 0 Å². The van der Waals surface area contributed by atoms with Crippen molar-refractivity contribution in [2.24, 2.45) is 0 Å². The van der Waals surface area contributed by atoms with Crippen molar-refractivity contribution in [3.63, 3.8) is 0 Å². The van der Waals surface area contributed by atoms with Crippen LogP contribution in [0.5, 0.6) is 0 Å². The number of morpholine rings is 1. The molecule has 0 saturated carbocycles. The first-order chi connectivity index (χ1) is 14.0.